The van der Waals surface area contributed by atoms with Gasteiger partial charge >= 0.3 is 0 Å². The van der Waals surface area contributed by atoms with Crippen LogP contribution in [0.5, 0.6) is 0 Å². The Morgan fingerprint density at radius 3 is 2.74 bits per heavy atom. The van der Waals surface area contributed by atoms with E-state index in [1.165, 1.54) is 30.4 Å². The highest BCUT2D eigenvalue weighted by molar-refractivity contribution is 5.25. The molecule has 1 aromatic carbocycles. The molecular formula is C16H26N2O. The molecule has 0 bridgehead atoms. The van der Waals surface area contributed by atoms with E-state index in [9.17, 15) is 0 Å². The molecule has 1 fully saturated rings. The maximum Gasteiger partial charge on any atom is 0.0473 e. The van der Waals surface area contributed by atoms with Gasteiger partial charge in [-0.2, -0.15) is 0 Å². The van der Waals surface area contributed by atoms with Gasteiger partial charge < -0.3 is 10.8 Å². The first-order valence-electron chi connectivity index (χ1n) is 7.39. The third-order valence-electron chi connectivity index (χ3n) is 4.17. The smallest absolute Gasteiger partial charge is 0.0473 e. The normalized spacial score (nSPS) is 17.5. The predicted molar refractivity (Wildman–Crippen MR) is 79.0 cm³/mol. The molecule has 1 saturated carbocycles. The molecule has 0 heterocycles. The molecule has 3 heteroatoms. The third kappa shape index (κ3) is 3.56. The summed E-state index contributed by atoms with van der Waals surface area (Å²) in [6.07, 6.45) is 4.70. The highest BCUT2D eigenvalue weighted by atomic mass is 16.3. The zero-order valence-corrected chi connectivity index (χ0v) is 11.9. The van der Waals surface area contributed by atoms with Gasteiger partial charge in [0.2, 0.25) is 0 Å². The Bertz CT molecular complexity index is 390. The summed E-state index contributed by atoms with van der Waals surface area (Å²) in [5.41, 5.74) is 8.64. The Labute approximate surface area is 116 Å². The van der Waals surface area contributed by atoms with E-state index in [1.807, 2.05) is 0 Å². The lowest BCUT2D eigenvalue weighted by atomic mass is 9.88. The Morgan fingerprint density at radius 1 is 1.42 bits per heavy atom. The second-order valence-electron chi connectivity index (χ2n) is 5.57. The first-order chi connectivity index (χ1) is 9.26. The molecule has 0 saturated heterocycles. The molecule has 0 spiro atoms. The first-order valence-corrected chi connectivity index (χ1v) is 7.39. The molecule has 106 valence electrons. The summed E-state index contributed by atoms with van der Waals surface area (Å²) < 4.78 is 0. The van der Waals surface area contributed by atoms with Crippen LogP contribution in [0.3, 0.4) is 0 Å². The number of aryl methyl sites for hydroxylation is 1. The minimum absolute atomic E-state index is 0.258. The minimum Gasteiger partial charge on any atom is -0.396 e. The van der Waals surface area contributed by atoms with Crippen LogP contribution >= 0.6 is 0 Å². The molecule has 0 aliphatic heterocycles. The average Bonchev–Trinajstić information content (AvgIpc) is 2.34. The molecule has 3 nitrogen and oxygen atoms in total. The fraction of sp³-hybridized carbons (Fsp3) is 0.625. The largest absolute Gasteiger partial charge is 0.396 e. The molecule has 1 aliphatic rings. The summed E-state index contributed by atoms with van der Waals surface area (Å²) in [4.78, 5) is 2.51. The highest BCUT2D eigenvalue weighted by Crippen LogP contribution is 2.32. The first kappa shape index (κ1) is 14.5. The summed E-state index contributed by atoms with van der Waals surface area (Å²) in [7, 11) is 0. The van der Waals surface area contributed by atoms with E-state index < -0.39 is 0 Å². The van der Waals surface area contributed by atoms with Gasteiger partial charge in [0.15, 0.2) is 0 Å². The van der Waals surface area contributed by atoms with Crippen LogP contribution < -0.4 is 5.73 Å². The molecule has 1 aliphatic carbocycles. The van der Waals surface area contributed by atoms with Gasteiger partial charge in [0.25, 0.3) is 0 Å². The topological polar surface area (TPSA) is 49.5 Å². The quantitative estimate of drug-likeness (QED) is 0.792. The van der Waals surface area contributed by atoms with Crippen molar-refractivity contribution < 1.29 is 5.11 Å². The number of hydrogen-bond acceptors (Lipinski definition) is 3. The molecule has 2 rings (SSSR count). The van der Waals surface area contributed by atoms with Crippen LogP contribution in [0.4, 0.5) is 0 Å². The van der Waals surface area contributed by atoms with Crippen molar-refractivity contribution in [1.29, 1.82) is 0 Å². The monoisotopic (exact) mass is 262 g/mol. The lowest BCUT2D eigenvalue weighted by molar-refractivity contribution is 0.0743. The lowest BCUT2D eigenvalue weighted by Crippen LogP contribution is -2.45. The number of nitrogens with two attached hydrogens (primary N) is 1. The minimum atomic E-state index is 0.258. The van der Waals surface area contributed by atoms with Gasteiger partial charge in [0.05, 0.1) is 0 Å². The standard InChI is InChI=1S/C16H26N2O/c1-13-5-2-6-14(11-13)16(12-17)18(9-4-10-19)15-7-3-8-15/h2,5-6,11,15-16,19H,3-4,7-10,12,17H2,1H3. The predicted octanol–water partition coefficient (Wildman–Crippen LogP) is 2.23. The molecule has 19 heavy (non-hydrogen) atoms. The number of aliphatic hydroxyl groups is 1. The fourth-order valence-electron chi connectivity index (χ4n) is 2.90. The van der Waals surface area contributed by atoms with Gasteiger partial charge in [-0.05, 0) is 31.7 Å². The van der Waals surface area contributed by atoms with Crippen LogP contribution in [0.25, 0.3) is 0 Å². The van der Waals surface area contributed by atoms with Crippen LogP contribution in [0.2, 0.25) is 0 Å². The van der Waals surface area contributed by atoms with Crippen molar-refractivity contribution in [1.82, 2.24) is 4.90 Å². The third-order valence-corrected chi connectivity index (χ3v) is 4.17. The van der Waals surface area contributed by atoms with Gasteiger partial charge in [-0.3, -0.25) is 4.90 Å². The number of hydrogen-bond donors (Lipinski definition) is 2. The molecule has 0 radical (unpaired) electrons. The summed E-state index contributed by atoms with van der Waals surface area (Å²) in [6, 6.07) is 9.59. The fourth-order valence-corrected chi connectivity index (χ4v) is 2.90. The van der Waals surface area contributed by atoms with E-state index in [-0.39, 0.29) is 12.6 Å². The molecule has 1 aromatic rings. The Balaban J connectivity index is 2.15. The van der Waals surface area contributed by atoms with Gasteiger partial charge in [0.1, 0.15) is 0 Å². The molecular weight excluding hydrogens is 236 g/mol. The van der Waals surface area contributed by atoms with Crippen LogP contribution in [-0.4, -0.2) is 35.7 Å². The van der Waals surface area contributed by atoms with Gasteiger partial charge in [-0.15, -0.1) is 0 Å². The van der Waals surface area contributed by atoms with E-state index in [0.29, 0.717) is 12.6 Å². The van der Waals surface area contributed by atoms with Crippen molar-refractivity contribution in [2.45, 2.75) is 44.7 Å². The van der Waals surface area contributed by atoms with Crippen molar-refractivity contribution >= 4 is 0 Å². The molecule has 1 unspecified atom stereocenters. The van der Waals surface area contributed by atoms with Crippen molar-refractivity contribution in [3.05, 3.63) is 35.4 Å². The summed E-state index contributed by atoms with van der Waals surface area (Å²) in [5, 5.41) is 9.10. The van der Waals surface area contributed by atoms with Crippen molar-refractivity contribution in [2.24, 2.45) is 5.73 Å². The van der Waals surface area contributed by atoms with Gasteiger partial charge in [0, 0.05) is 31.8 Å². The summed E-state index contributed by atoms with van der Waals surface area (Å²) >= 11 is 0. The second-order valence-corrected chi connectivity index (χ2v) is 5.57. The van der Waals surface area contributed by atoms with Gasteiger partial charge in [-0.1, -0.05) is 36.2 Å². The van der Waals surface area contributed by atoms with E-state index in [4.69, 9.17) is 10.8 Å². The maximum absolute atomic E-state index is 9.10. The van der Waals surface area contributed by atoms with Crippen molar-refractivity contribution in [2.75, 3.05) is 19.7 Å². The van der Waals surface area contributed by atoms with E-state index in [1.54, 1.807) is 0 Å². The SMILES string of the molecule is Cc1cccc(C(CN)N(CCCO)C2CCC2)c1. The number of benzene rings is 1. The van der Waals surface area contributed by atoms with E-state index >= 15 is 0 Å². The molecule has 3 N–H and O–H groups in total. The molecule has 0 amide bonds. The zero-order valence-electron chi connectivity index (χ0n) is 11.9. The Morgan fingerprint density at radius 2 is 2.21 bits per heavy atom. The summed E-state index contributed by atoms with van der Waals surface area (Å²) in [6.45, 7) is 3.97. The lowest BCUT2D eigenvalue weighted by Gasteiger charge is -2.42. The zero-order chi connectivity index (χ0) is 13.7. The van der Waals surface area contributed by atoms with Crippen molar-refractivity contribution in [3.63, 3.8) is 0 Å². The number of aliphatic hydroxyl groups excluding tert-OH is 1. The maximum atomic E-state index is 9.10. The van der Waals surface area contributed by atoms with Crippen molar-refractivity contribution in [3.8, 4) is 0 Å². The average molecular weight is 262 g/mol. The number of nitrogens with zero attached hydrogens (tertiary/aromatic N) is 1. The number of rotatable bonds is 7. The molecule has 0 aromatic heterocycles. The van der Waals surface area contributed by atoms with Crippen LogP contribution in [0, 0.1) is 6.92 Å². The van der Waals surface area contributed by atoms with Crippen LogP contribution in [-0.2, 0) is 0 Å². The van der Waals surface area contributed by atoms with E-state index in [0.717, 1.165) is 13.0 Å². The van der Waals surface area contributed by atoms with Crippen LogP contribution in [0.15, 0.2) is 24.3 Å². The summed E-state index contributed by atoms with van der Waals surface area (Å²) in [5.74, 6) is 0. The Hall–Kier alpha value is -0.900. The van der Waals surface area contributed by atoms with E-state index in [2.05, 4.69) is 36.1 Å². The van der Waals surface area contributed by atoms with Gasteiger partial charge in [-0.25, -0.2) is 0 Å². The second kappa shape index (κ2) is 7.04. The van der Waals surface area contributed by atoms with Crippen LogP contribution in [0.1, 0.15) is 42.9 Å². The molecule has 1 atom stereocenters. The highest BCUT2D eigenvalue weighted by Gasteiger charge is 2.30. The Kier molecular flexibility index (Phi) is 5.37.